The molecule has 4 nitrogen and oxygen atoms in total. The van der Waals surface area contributed by atoms with Crippen LogP contribution in [-0.4, -0.2) is 21.5 Å². The summed E-state index contributed by atoms with van der Waals surface area (Å²) in [6.07, 6.45) is 1.51. The standard InChI is InChI=1S/C18H12N2O2S/c21-14(12-6-2-1-3-7-12)10-23-18-17-16(19-11-20-18)13-8-4-5-9-15(13)22-17/h1-9,11H,10H2. The molecule has 0 unspecified atom stereocenters. The van der Waals surface area contributed by atoms with Crippen molar-refractivity contribution in [3.63, 3.8) is 0 Å². The molecular formula is C18H12N2O2S. The lowest BCUT2D eigenvalue weighted by molar-refractivity contribution is 0.102. The second-order valence-corrected chi connectivity index (χ2v) is 6.00. The second-order valence-electron chi connectivity index (χ2n) is 5.03. The minimum atomic E-state index is 0.0680. The number of rotatable bonds is 4. The Kier molecular flexibility index (Phi) is 3.55. The van der Waals surface area contributed by atoms with Crippen molar-refractivity contribution in [3.05, 3.63) is 66.5 Å². The summed E-state index contributed by atoms with van der Waals surface area (Å²) >= 11 is 1.37. The van der Waals surface area contributed by atoms with E-state index in [9.17, 15) is 4.79 Å². The highest BCUT2D eigenvalue weighted by molar-refractivity contribution is 8.00. The number of ketones is 1. The van der Waals surface area contributed by atoms with Crippen LogP contribution in [0, 0.1) is 0 Å². The first-order chi connectivity index (χ1) is 11.3. The fourth-order valence-corrected chi connectivity index (χ4v) is 3.27. The Balaban J connectivity index is 1.66. The Morgan fingerprint density at radius 3 is 2.65 bits per heavy atom. The summed E-state index contributed by atoms with van der Waals surface area (Å²) in [5.41, 5.74) is 2.90. The van der Waals surface area contributed by atoms with E-state index in [-0.39, 0.29) is 5.78 Å². The van der Waals surface area contributed by atoms with Gasteiger partial charge in [0, 0.05) is 10.9 Å². The average molecular weight is 320 g/mol. The summed E-state index contributed by atoms with van der Waals surface area (Å²) in [7, 11) is 0. The third-order valence-corrected chi connectivity index (χ3v) is 4.53. The first-order valence-corrected chi connectivity index (χ1v) is 8.15. The lowest BCUT2D eigenvalue weighted by atomic mass is 10.2. The fraction of sp³-hybridized carbons (Fsp3) is 0.0556. The summed E-state index contributed by atoms with van der Waals surface area (Å²) in [5.74, 6) is 0.381. The number of Topliss-reactive ketones (excluding diaryl/α,β-unsaturated/α-hetero) is 1. The van der Waals surface area contributed by atoms with Crippen molar-refractivity contribution < 1.29 is 9.21 Å². The minimum Gasteiger partial charge on any atom is -0.451 e. The topological polar surface area (TPSA) is 56.0 Å². The monoisotopic (exact) mass is 320 g/mol. The maximum Gasteiger partial charge on any atom is 0.186 e. The van der Waals surface area contributed by atoms with Crippen LogP contribution in [0.5, 0.6) is 0 Å². The van der Waals surface area contributed by atoms with Crippen LogP contribution in [0.1, 0.15) is 10.4 Å². The molecule has 4 rings (SSSR count). The van der Waals surface area contributed by atoms with Gasteiger partial charge in [0.05, 0.1) is 5.75 Å². The number of benzene rings is 2. The maximum atomic E-state index is 12.2. The van der Waals surface area contributed by atoms with Crippen LogP contribution >= 0.6 is 11.8 Å². The first kappa shape index (κ1) is 14.0. The largest absolute Gasteiger partial charge is 0.451 e. The predicted molar refractivity (Wildman–Crippen MR) is 90.8 cm³/mol. The number of fused-ring (bicyclic) bond motifs is 3. The van der Waals surface area contributed by atoms with Gasteiger partial charge in [0.2, 0.25) is 0 Å². The highest BCUT2D eigenvalue weighted by Crippen LogP contribution is 2.32. The molecular weight excluding hydrogens is 308 g/mol. The van der Waals surface area contributed by atoms with Crippen LogP contribution in [0.15, 0.2) is 70.4 Å². The van der Waals surface area contributed by atoms with E-state index < -0.39 is 0 Å². The van der Waals surface area contributed by atoms with E-state index in [2.05, 4.69) is 9.97 Å². The molecule has 0 saturated heterocycles. The molecule has 0 bridgehead atoms. The Hall–Kier alpha value is -2.66. The van der Waals surface area contributed by atoms with Crippen LogP contribution in [0.3, 0.4) is 0 Å². The summed E-state index contributed by atoms with van der Waals surface area (Å²) < 4.78 is 5.86. The number of furan rings is 1. The van der Waals surface area contributed by atoms with E-state index in [0.717, 1.165) is 16.5 Å². The Morgan fingerprint density at radius 1 is 1.00 bits per heavy atom. The van der Waals surface area contributed by atoms with Gasteiger partial charge in [-0.15, -0.1) is 0 Å². The highest BCUT2D eigenvalue weighted by Gasteiger charge is 2.14. The zero-order chi connectivity index (χ0) is 15.6. The van der Waals surface area contributed by atoms with E-state index in [1.54, 1.807) is 0 Å². The van der Waals surface area contributed by atoms with Gasteiger partial charge in [-0.3, -0.25) is 4.79 Å². The van der Waals surface area contributed by atoms with Gasteiger partial charge >= 0.3 is 0 Å². The molecule has 2 aromatic heterocycles. The van der Waals surface area contributed by atoms with Crippen molar-refractivity contribution in [2.75, 3.05) is 5.75 Å². The van der Waals surface area contributed by atoms with Crippen molar-refractivity contribution in [2.24, 2.45) is 0 Å². The number of nitrogens with zero attached hydrogens (tertiary/aromatic N) is 2. The molecule has 5 heteroatoms. The average Bonchev–Trinajstić information content (AvgIpc) is 3.00. The highest BCUT2D eigenvalue weighted by atomic mass is 32.2. The van der Waals surface area contributed by atoms with Gasteiger partial charge in [0.1, 0.15) is 22.5 Å². The zero-order valence-electron chi connectivity index (χ0n) is 12.1. The summed E-state index contributed by atoms with van der Waals surface area (Å²) in [6.45, 7) is 0. The molecule has 23 heavy (non-hydrogen) atoms. The minimum absolute atomic E-state index is 0.0680. The number of hydrogen-bond donors (Lipinski definition) is 0. The fourth-order valence-electron chi connectivity index (χ4n) is 2.45. The number of aromatic nitrogens is 2. The molecule has 0 spiro atoms. The van der Waals surface area contributed by atoms with Crippen LogP contribution in [0.4, 0.5) is 0 Å². The first-order valence-electron chi connectivity index (χ1n) is 7.16. The molecule has 0 radical (unpaired) electrons. The van der Waals surface area contributed by atoms with Crippen LogP contribution in [-0.2, 0) is 0 Å². The molecule has 112 valence electrons. The molecule has 0 atom stereocenters. The number of hydrogen-bond acceptors (Lipinski definition) is 5. The molecule has 2 aromatic carbocycles. The van der Waals surface area contributed by atoms with Gasteiger partial charge in [0.15, 0.2) is 11.4 Å². The van der Waals surface area contributed by atoms with E-state index in [1.807, 2.05) is 54.6 Å². The Morgan fingerprint density at radius 2 is 1.78 bits per heavy atom. The number of carbonyl (C=O) groups is 1. The molecule has 2 heterocycles. The number of carbonyl (C=O) groups excluding carboxylic acids is 1. The van der Waals surface area contributed by atoms with Gasteiger partial charge in [-0.05, 0) is 12.1 Å². The van der Waals surface area contributed by atoms with Gasteiger partial charge in [0.25, 0.3) is 0 Å². The van der Waals surface area contributed by atoms with Crippen LogP contribution < -0.4 is 0 Å². The summed E-state index contributed by atoms with van der Waals surface area (Å²) in [4.78, 5) is 20.8. The second kappa shape index (κ2) is 5.85. The van der Waals surface area contributed by atoms with Crippen molar-refractivity contribution in [3.8, 4) is 0 Å². The lowest BCUT2D eigenvalue weighted by Crippen LogP contribution is -2.02. The predicted octanol–water partition coefficient (Wildman–Crippen LogP) is 4.35. The SMILES string of the molecule is O=C(CSc1ncnc2c1oc1ccccc12)c1ccccc1. The lowest BCUT2D eigenvalue weighted by Gasteiger charge is -2.01. The third-order valence-electron chi connectivity index (χ3n) is 3.56. The smallest absolute Gasteiger partial charge is 0.186 e. The van der Waals surface area contributed by atoms with Gasteiger partial charge in [-0.1, -0.05) is 54.2 Å². The van der Waals surface area contributed by atoms with Crippen LogP contribution in [0.25, 0.3) is 22.1 Å². The van der Waals surface area contributed by atoms with Crippen molar-refractivity contribution >= 4 is 39.6 Å². The molecule has 0 saturated carbocycles. The normalized spacial score (nSPS) is 11.1. The van der Waals surface area contributed by atoms with Gasteiger partial charge < -0.3 is 4.42 Å². The molecule has 0 aliphatic heterocycles. The van der Waals surface area contributed by atoms with Crippen molar-refractivity contribution in [2.45, 2.75) is 5.03 Å². The van der Waals surface area contributed by atoms with E-state index in [4.69, 9.17) is 4.42 Å². The Bertz CT molecular complexity index is 996. The van der Waals surface area contributed by atoms with Gasteiger partial charge in [-0.2, -0.15) is 0 Å². The molecule has 0 fully saturated rings. The maximum absolute atomic E-state index is 12.2. The van der Waals surface area contributed by atoms with Gasteiger partial charge in [-0.25, -0.2) is 9.97 Å². The zero-order valence-corrected chi connectivity index (χ0v) is 12.9. The van der Waals surface area contributed by atoms with Crippen molar-refractivity contribution in [1.82, 2.24) is 9.97 Å². The van der Waals surface area contributed by atoms with E-state index >= 15 is 0 Å². The van der Waals surface area contributed by atoms with Crippen LogP contribution in [0.2, 0.25) is 0 Å². The Labute approximate surface area is 136 Å². The summed E-state index contributed by atoms with van der Waals surface area (Å²) in [6, 6.07) is 17.0. The molecule has 0 amide bonds. The van der Waals surface area contributed by atoms with E-state index in [0.29, 0.717) is 21.9 Å². The quantitative estimate of drug-likeness (QED) is 0.318. The molecule has 0 aliphatic carbocycles. The molecule has 4 aromatic rings. The number of thioether (sulfide) groups is 1. The summed E-state index contributed by atoms with van der Waals surface area (Å²) in [5, 5.41) is 1.65. The van der Waals surface area contributed by atoms with E-state index in [1.165, 1.54) is 18.1 Å². The number of para-hydroxylation sites is 1. The molecule has 0 N–H and O–H groups in total. The third kappa shape index (κ3) is 2.59. The molecule has 0 aliphatic rings. The van der Waals surface area contributed by atoms with Crippen molar-refractivity contribution in [1.29, 1.82) is 0 Å².